The van der Waals surface area contributed by atoms with E-state index < -0.39 is 0 Å². The van der Waals surface area contributed by atoms with Gasteiger partial charge in [-0.25, -0.2) is 4.39 Å². The van der Waals surface area contributed by atoms with Crippen LogP contribution in [0.25, 0.3) is 0 Å². The average Bonchev–Trinajstić information content (AvgIpc) is 3.06. The van der Waals surface area contributed by atoms with Crippen LogP contribution in [0.1, 0.15) is 31.2 Å². The highest BCUT2D eigenvalue weighted by Crippen LogP contribution is 2.57. The quantitative estimate of drug-likeness (QED) is 0.851. The number of hydrogen-bond acceptors (Lipinski definition) is 1. The molecule has 3 atom stereocenters. The molecule has 1 N–H and O–H groups in total. The molecule has 0 heterocycles. The van der Waals surface area contributed by atoms with Gasteiger partial charge in [0.2, 0.25) is 0 Å². The van der Waals surface area contributed by atoms with Crippen LogP contribution in [0.15, 0.2) is 24.3 Å². The molecule has 0 radical (unpaired) electrons. The largest absolute Gasteiger partial charge is 0.392 e. The topological polar surface area (TPSA) is 20.2 Å². The van der Waals surface area contributed by atoms with Crippen molar-refractivity contribution in [1.82, 2.24) is 0 Å². The van der Waals surface area contributed by atoms with E-state index >= 15 is 0 Å². The molecule has 0 amide bonds. The van der Waals surface area contributed by atoms with Crippen molar-refractivity contribution in [2.45, 2.75) is 38.2 Å². The van der Waals surface area contributed by atoms with E-state index in [9.17, 15) is 9.50 Å². The van der Waals surface area contributed by atoms with Crippen LogP contribution in [0.4, 0.5) is 4.39 Å². The third kappa shape index (κ3) is 2.11. The molecule has 2 saturated carbocycles. The summed E-state index contributed by atoms with van der Waals surface area (Å²) in [5.74, 6) is 1.71. The van der Waals surface area contributed by atoms with E-state index in [2.05, 4.69) is 0 Å². The second-order valence-electron chi connectivity index (χ2n) is 5.55. The second kappa shape index (κ2) is 4.41. The Morgan fingerprint density at radius 3 is 2.47 bits per heavy atom. The highest BCUT2D eigenvalue weighted by Gasteiger charge is 2.53. The zero-order valence-corrected chi connectivity index (χ0v) is 9.98. The van der Waals surface area contributed by atoms with Crippen molar-refractivity contribution in [2.24, 2.45) is 17.8 Å². The van der Waals surface area contributed by atoms with Crippen LogP contribution in [-0.2, 0) is 6.42 Å². The van der Waals surface area contributed by atoms with Crippen LogP contribution in [0.3, 0.4) is 0 Å². The first-order valence-corrected chi connectivity index (χ1v) is 6.69. The first-order chi connectivity index (χ1) is 8.27. The SMILES string of the molecule is OC(Cc1ccccc1F)C1C2CCCCC21. The van der Waals surface area contributed by atoms with E-state index in [0.29, 0.717) is 17.9 Å². The third-order valence-corrected chi connectivity index (χ3v) is 4.55. The van der Waals surface area contributed by atoms with E-state index in [1.807, 2.05) is 6.07 Å². The normalized spacial score (nSPS) is 32.9. The second-order valence-corrected chi connectivity index (χ2v) is 5.55. The Kier molecular flexibility index (Phi) is 2.91. The van der Waals surface area contributed by atoms with Crippen LogP contribution < -0.4 is 0 Å². The molecule has 2 fully saturated rings. The van der Waals surface area contributed by atoms with E-state index in [-0.39, 0.29) is 11.9 Å². The van der Waals surface area contributed by atoms with E-state index in [4.69, 9.17) is 0 Å². The molecular weight excluding hydrogens is 215 g/mol. The minimum atomic E-state index is -0.347. The Balaban J connectivity index is 1.64. The number of benzene rings is 1. The van der Waals surface area contributed by atoms with Gasteiger partial charge >= 0.3 is 0 Å². The molecule has 0 aromatic heterocycles. The first kappa shape index (κ1) is 11.2. The maximum atomic E-state index is 13.5. The molecule has 92 valence electrons. The number of aliphatic hydroxyl groups is 1. The standard InChI is InChI=1S/C15H19FO/c16-13-8-4-1-5-10(13)9-14(17)15-11-6-2-3-7-12(11)15/h1,4-5,8,11-12,14-15,17H,2-3,6-7,9H2. The maximum Gasteiger partial charge on any atom is 0.126 e. The molecule has 1 aromatic rings. The van der Waals surface area contributed by atoms with Crippen molar-refractivity contribution in [3.8, 4) is 0 Å². The monoisotopic (exact) mass is 234 g/mol. The van der Waals surface area contributed by atoms with Crippen LogP contribution >= 0.6 is 0 Å². The molecule has 3 unspecified atom stereocenters. The van der Waals surface area contributed by atoms with Crippen LogP contribution in [0.2, 0.25) is 0 Å². The van der Waals surface area contributed by atoms with Gasteiger partial charge in [0, 0.05) is 6.42 Å². The fraction of sp³-hybridized carbons (Fsp3) is 0.600. The smallest absolute Gasteiger partial charge is 0.126 e. The highest BCUT2D eigenvalue weighted by atomic mass is 19.1. The molecule has 2 aliphatic carbocycles. The van der Waals surface area contributed by atoms with Crippen molar-refractivity contribution in [2.75, 3.05) is 0 Å². The minimum absolute atomic E-state index is 0.185. The minimum Gasteiger partial charge on any atom is -0.392 e. The van der Waals surface area contributed by atoms with Crippen molar-refractivity contribution >= 4 is 0 Å². The number of fused-ring (bicyclic) bond motifs is 1. The Morgan fingerprint density at radius 2 is 1.82 bits per heavy atom. The average molecular weight is 234 g/mol. The molecular formula is C15H19FO. The van der Waals surface area contributed by atoms with Crippen LogP contribution in [0.5, 0.6) is 0 Å². The molecule has 2 heteroatoms. The molecule has 17 heavy (non-hydrogen) atoms. The van der Waals surface area contributed by atoms with Crippen molar-refractivity contribution in [3.63, 3.8) is 0 Å². The predicted octanol–water partition coefficient (Wildman–Crippen LogP) is 3.17. The van der Waals surface area contributed by atoms with Gasteiger partial charge in [-0.05, 0) is 42.2 Å². The van der Waals surface area contributed by atoms with Gasteiger partial charge in [0.25, 0.3) is 0 Å². The van der Waals surface area contributed by atoms with Gasteiger partial charge in [0.15, 0.2) is 0 Å². The Bertz CT molecular complexity index is 392. The summed E-state index contributed by atoms with van der Waals surface area (Å²) in [6, 6.07) is 6.79. The van der Waals surface area contributed by atoms with Gasteiger partial charge in [-0.3, -0.25) is 0 Å². The number of halogens is 1. The summed E-state index contributed by atoms with van der Waals surface area (Å²) in [7, 11) is 0. The summed E-state index contributed by atoms with van der Waals surface area (Å²) in [5, 5.41) is 10.2. The van der Waals surface area contributed by atoms with Crippen LogP contribution in [0, 0.1) is 23.6 Å². The number of rotatable bonds is 3. The molecule has 3 rings (SSSR count). The molecule has 1 aromatic carbocycles. The molecule has 2 aliphatic rings. The lowest BCUT2D eigenvalue weighted by atomic mass is 10.0. The molecule has 0 aliphatic heterocycles. The van der Waals surface area contributed by atoms with Crippen molar-refractivity contribution < 1.29 is 9.50 Å². The fourth-order valence-corrected chi connectivity index (χ4v) is 3.64. The van der Waals surface area contributed by atoms with Gasteiger partial charge < -0.3 is 5.11 Å². The van der Waals surface area contributed by atoms with E-state index in [0.717, 1.165) is 11.8 Å². The van der Waals surface area contributed by atoms with Crippen molar-refractivity contribution in [3.05, 3.63) is 35.6 Å². The molecule has 0 spiro atoms. The first-order valence-electron chi connectivity index (χ1n) is 6.69. The van der Waals surface area contributed by atoms with Gasteiger partial charge in [0.1, 0.15) is 5.82 Å². The summed E-state index contributed by atoms with van der Waals surface area (Å²) in [6.45, 7) is 0. The van der Waals surface area contributed by atoms with E-state index in [1.54, 1.807) is 12.1 Å². The lowest BCUT2D eigenvalue weighted by Crippen LogP contribution is -2.16. The maximum absolute atomic E-state index is 13.5. The predicted molar refractivity (Wildman–Crippen MR) is 65.0 cm³/mol. The van der Waals surface area contributed by atoms with Gasteiger partial charge in [0.05, 0.1) is 6.10 Å². The summed E-state index contributed by atoms with van der Waals surface area (Å²) in [4.78, 5) is 0. The molecule has 0 bridgehead atoms. The zero-order valence-electron chi connectivity index (χ0n) is 9.98. The highest BCUT2D eigenvalue weighted by molar-refractivity contribution is 5.19. The summed E-state index contributed by atoms with van der Waals surface area (Å²) >= 11 is 0. The lowest BCUT2D eigenvalue weighted by Gasteiger charge is -2.11. The summed E-state index contributed by atoms with van der Waals surface area (Å²) < 4.78 is 13.5. The Labute approximate surface area is 102 Å². The van der Waals surface area contributed by atoms with Gasteiger partial charge in [-0.2, -0.15) is 0 Å². The molecule has 1 nitrogen and oxygen atoms in total. The van der Waals surface area contributed by atoms with E-state index in [1.165, 1.54) is 31.7 Å². The molecule has 0 saturated heterocycles. The van der Waals surface area contributed by atoms with Gasteiger partial charge in [-0.1, -0.05) is 31.0 Å². The van der Waals surface area contributed by atoms with Crippen molar-refractivity contribution in [1.29, 1.82) is 0 Å². The van der Waals surface area contributed by atoms with Gasteiger partial charge in [-0.15, -0.1) is 0 Å². The lowest BCUT2D eigenvalue weighted by molar-refractivity contribution is 0.139. The summed E-state index contributed by atoms with van der Waals surface area (Å²) in [6.07, 6.45) is 5.28. The summed E-state index contributed by atoms with van der Waals surface area (Å²) in [5.41, 5.74) is 0.656. The van der Waals surface area contributed by atoms with Crippen LogP contribution in [-0.4, -0.2) is 11.2 Å². The third-order valence-electron chi connectivity index (χ3n) is 4.55. The Hall–Kier alpha value is -0.890. The zero-order chi connectivity index (χ0) is 11.8. The Morgan fingerprint density at radius 1 is 1.18 bits per heavy atom. The number of aliphatic hydroxyl groups excluding tert-OH is 1. The number of hydrogen-bond donors (Lipinski definition) is 1. The fourth-order valence-electron chi connectivity index (χ4n) is 3.64.